The number of furan rings is 1. The van der Waals surface area contributed by atoms with Gasteiger partial charge in [-0.3, -0.25) is 4.57 Å². The Morgan fingerprint density at radius 3 is 2.68 bits per heavy atom. The highest BCUT2D eigenvalue weighted by atomic mass is 32.2. The van der Waals surface area contributed by atoms with Crippen LogP contribution in [0.2, 0.25) is 0 Å². The SMILES string of the molecule is C=CCn1c(SCc2nnc(-c3ccc(F)cc3)o2)nnc1-c1occc1C. The Labute approximate surface area is 164 Å². The summed E-state index contributed by atoms with van der Waals surface area (Å²) >= 11 is 1.42. The standard InChI is InChI=1S/C19H16FN5O2S/c1-3-9-25-17(16-12(2)8-10-26-16)22-24-19(25)28-11-15-21-23-18(27-15)13-4-6-14(20)7-5-13/h3-8,10H,1,9,11H2,2H3. The molecule has 0 aliphatic carbocycles. The van der Waals surface area contributed by atoms with Crippen LogP contribution in [0.3, 0.4) is 0 Å². The lowest BCUT2D eigenvalue weighted by Crippen LogP contribution is -2.00. The molecule has 28 heavy (non-hydrogen) atoms. The van der Waals surface area contributed by atoms with E-state index in [-0.39, 0.29) is 5.82 Å². The molecule has 4 aromatic rings. The number of aromatic nitrogens is 5. The minimum absolute atomic E-state index is 0.316. The van der Waals surface area contributed by atoms with E-state index < -0.39 is 0 Å². The Bertz CT molecular complexity index is 1100. The average Bonchev–Trinajstić information content (AvgIpc) is 3.41. The van der Waals surface area contributed by atoms with Crippen LogP contribution in [0.1, 0.15) is 11.5 Å². The molecule has 0 amide bonds. The number of halogens is 1. The molecule has 3 aromatic heterocycles. The molecule has 0 atom stereocenters. The number of allylic oxidation sites excluding steroid dienone is 1. The van der Waals surface area contributed by atoms with Gasteiger partial charge in [0.2, 0.25) is 17.6 Å². The third-order valence-corrected chi connectivity index (χ3v) is 4.93. The predicted molar refractivity (Wildman–Crippen MR) is 102 cm³/mol. The number of hydrogen-bond donors (Lipinski definition) is 0. The average molecular weight is 397 g/mol. The van der Waals surface area contributed by atoms with Crippen LogP contribution >= 0.6 is 11.8 Å². The summed E-state index contributed by atoms with van der Waals surface area (Å²) < 4.78 is 26.2. The van der Waals surface area contributed by atoms with Crippen molar-refractivity contribution in [1.82, 2.24) is 25.0 Å². The molecule has 3 heterocycles. The van der Waals surface area contributed by atoms with E-state index in [4.69, 9.17) is 8.83 Å². The highest BCUT2D eigenvalue weighted by Gasteiger charge is 2.18. The van der Waals surface area contributed by atoms with Crippen molar-refractivity contribution in [2.45, 2.75) is 24.4 Å². The van der Waals surface area contributed by atoms with Crippen LogP contribution < -0.4 is 0 Å². The fourth-order valence-electron chi connectivity index (χ4n) is 2.61. The van der Waals surface area contributed by atoms with Crippen molar-refractivity contribution in [2.24, 2.45) is 0 Å². The summed E-state index contributed by atoms with van der Waals surface area (Å²) in [5, 5.41) is 17.3. The molecule has 0 spiro atoms. The lowest BCUT2D eigenvalue weighted by Gasteiger charge is -2.05. The van der Waals surface area contributed by atoms with Crippen molar-refractivity contribution in [2.75, 3.05) is 0 Å². The number of benzene rings is 1. The van der Waals surface area contributed by atoms with Gasteiger partial charge in [0, 0.05) is 12.1 Å². The fraction of sp³-hybridized carbons (Fsp3) is 0.158. The molecule has 0 radical (unpaired) electrons. The molecule has 0 bridgehead atoms. The summed E-state index contributed by atoms with van der Waals surface area (Å²) in [5.74, 6) is 2.20. The number of hydrogen-bond acceptors (Lipinski definition) is 7. The highest BCUT2D eigenvalue weighted by molar-refractivity contribution is 7.98. The highest BCUT2D eigenvalue weighted by Crippen LogP contribution is 2.29. The van der Waals surface area contributed by atoms with Crippen LogP contribution in [0.15, 0.2) is 63.2 Å². The Morgan fingerprint density at radius 1 is 1.14 bits per heavy atom. The van der Waals surface area contributed by atoms with E-state index in [1.807, 2.05) is 17.6 Å². The molecule has 142 valence electrons. The molecule has 0 saturated carbocycles. The summed E-state index contributed by atoms with van der Waals surface area (Å²) in [6, 6.07) is 7.77. The topological polar surface area (TPSA) is 82.8 Å². The van der Waals surface area contributed by atoms with Gasteiger partial charge >= 0.3 is 0 Å². The molecule has 7 nitrogen and oxygen atoms in total. The third kappa shape index (κ3) is 3.61. The van der Waals surface area contributed by atoms with E-state index in [0.29, 0.717) is 46.4 Å². The monoisotopic (exact) mass is 397 g/mol. The van der Waals surface area contributed by atoms with Crippen LogP contribution in [-0.4, -0.2) is 25.0 Å². The lowest BCUT2D eigenvalue weighted by molar-refractivity contribution is 0.528. The van der Waals surface area contributed by atoms with Crippen molar-refractivity contribution >= 4 is 11.8 Å². The maximum atomic E-state index is 13.0. The molecule has 4 rings (SSSR count). The molecular weight excluding hydrogens is 381 g/mol. The number of aryl methyl sites for hydroxylation is 1. The fourth-order valence-corrected chi connectivity index (χ4v) is 3.39. The van der Waals surface area contributed by atoms with Crippen LogP contribution in [0.5, 0.6) is 0 Å². The number of rotatable bonds is 7. The van der Waals surface area contributed by atoms with E-state index in [1.54, 1.807) is 24.5 Å². The van der Waals surface area contributed by atoms with Crippen LogP contribution in [0.4, 0.5) is 4.39 Å². The smallest absolute Gasteiger partial charge is 0.247 e. The van der Waals surface area contributed by atoms with Crippen LogP contribution in [0.25, 0.3) is 23.0 Å². The minimum atomic E-state index is -0.316. The maximum absolute atomic E-state index is 13.0. The summed E-state index contributed by atoms with van der Waals surface area (Å²) in [7, 11) is 0. The van der Waals surface area contributed by atoms with Gasteiger partial charge in [0.25, 0.3) is 0 Å². The van der Waals surface area contributed by atoms with Crippen molar-refractivity contribution < 1.29 is 13.2 Å². The molecule has 0 fully saturated rings. The second-order valence-corrected chi connectivity index (χ2v) is 6.88. The van der Waals surface area contributed by atoms with Crippen LogP contribution in [-0.2, 0) is 12.3 Å². The first kappa shape index (κ1) is 18.2. The molecular formula is C19H16FN5O2S. The van der Waals surface area contributed by atoms with E-state index in [9.17, 15) is 4.39 Å². The Balaban J connectivity index is 1.52. The van der Waals surface area contributed by atoms with Crippen molar-refractivity contribution in [3.8, 4) is 23.0 Å². The molecule has 0 aliphatic heterocycles. The first-order valence-corrected chi connectivity index (χ1v) is 9.44. The van der Waals surface area contributed by atoms with E-state index in [1.165, 1.54) is 23.9 Å². The number of thioether (sulfide) groups is 1. The Kier molecular flexibility index (Phi) is 5.07. The van der Waals surface area contributed by atoms with E-state index in [2.05, 4.69) is 27.0 Å². The summed E-state index contributed by atoms with van der Waals surface area (Å²) in [4.78, 5) is 0. The lowest BCUT2D eigenvalue weighted by atomic mass is 10.2. The maximum Gasteiger partial charge on any atom is 0.247 e. The summed E-state index contributed by atoms with van der Waals surface area (Å²) in [6.45, 7) is 6.29. The van der Waals surface area contributed by atoms with Gasteiger partial charge in [-0.1, -0.05) is 17.8 Å². The van der Waals surface area contributed by atoms with Crippen molar-refractivity contribution in [3.63, 3.8) is 0 Å². The van der Waals surface area contributed by atoms with Gasteiger partial charge in [0.05, 0.1) is 12.0 Å². The first-order valence-electron chi connectivity index (χ1n) is 8.45. The summed E-state index contributed by atoms with van der Waals surface area (Å²) in [5.41, 5.74) is 1.64. The van der Waals surface area contributed by atoms with E-state index in [0.717, 1.165) is 5.56 Å². The molecule has 1 aromatic carbocycles. The largest absolute Gasteiger partial charge is 0.461 e. The van der Waals surface area contributed by atoms with Gasteiger partial charge in [-0.2, -0.15) is 0 Å². The second kappa shape index (κ2) is 7.81. The summed E-state index contributed by atoms with van der Waals surface area (Å²) in [6.07, 6.45) is 3.40. The molecule has 0 unspecified atom stereocenters. The van der Waals surface area contributed by atoms with Gasteiger partial charge in [0.1, 0.15) is 5.82 Å². The first-order chi connectivity index (χ1) is 13.7. The number of nitrogens with zero attached hydrogens (tertiary/aromatic N) is 5. The zero-order valence-corrected chi connectivity index (χ0v) is 15.8. The zero-order chi connectivity index (χ0) is 19.5. The zero-order valence-electron chi connectivity index (χ0n) is 15.0. The van der Waals surface area contributed by atoms with Gasteiger partial charge in [-0.15, -0.1) is 27.0 Å². The van der Waals surface area contributed by atoms with Crippen molar-refractivity contribution in [1.29, 1.82) is 0 Å². The molecule has 9 heteroatoms. The van der Waals surface area contributed by atoms with Crippen molar-refractivity contribution in [3.05, 3.63) is 66.5 Å². The Hall–Kier alpha value is -3.20. The van der Waals surface area contributed by atoms with Gasteiger partial charge in [0.15, 0.2) is 10.9 Å². The third-order valence-electron chi connectivity index (χ3n) is 3.98. The Morgan fingerprint density at radius 2 is 1.96 bits per heavy atom. The predicted octanol–water partition coefficient (Wildman–Crippen LogP) is 4.51. The van der Waals surface area contributed by atoms with Gasteiger partial charge < -0.3 is 8.83 Å². The van der Waals surface area contributed by atoms with E-state index >= 15 is 0 Å². The molecule has 0 aliphatic rings. The molecule has 0 N–H and O–H groups in total. The normalized spacial score (nSPS) is 11.1. The quantitative estimate of drug-likeness (QED) is 0.335. The second-order valence-electron chi connectivity index (χ2n) is 5.93. The van der Waals surface area contributed by atoms with Gasteiger partial charge in [-0.05, 0) is 42.8 Å². The van der Waals surface area contributed by atoms with Crippen LogP contribution in [0, 0.1) is 12.7 Å². The minimum Gasteiger partial charge on any atom is -0.461 e. The molecule has 0 saturated heterocycles. The van der Waals surface area contributed by atoms with Gasteiger partial charge in [-0.25, -0.2) is 4.39 Å².